The fourth-order valence-electron chi connectivity index (χ4n) is 2.64. The summed E-state index contributed by atoms with van der Waals surface area (Å²) in [7, 11) is 0. The normalized spacial score (nSPS) is 10.6. The van der Waals surface area contributed by atoms with Crippen molar-refractivity contribution >= 4 is 23.5 Å². The molecule has 0 amide bonds. The Morgan fingerprint density at radius 3 is 2.62 bits per heavy atom. The van der Waals surface area contributed by atoms with Crippen LogP contribution in [0.2, 0.25) is 5.02 Å². The van der Waals surface area contributed by atoms with Crippen LogP contribution in [-0.2, 0) is 22.6 Å². The van der Waals surface area contributed by atoms with Gasteiger partial charge < -0.3 is 18.5 Å². The molecular formula is C21H18ClNO6. The summed E-state index contributed by atoms with van der Waals surface area (Å²) in [4.78, 5) is 36.4. The van der Waals surface area contributed by atoms with E-state index in [0.29, 0.717) is 5.02 Å². The first-order chi connectivity index (χ1) is 14.0. The van der Waals surface area contributed by atoms with E-state index in [4.69, 9.17) is 25.5 Å². The average molecular weight is 416 g/mol. The topological polar surface area (TPSA) is 87.7 Å². The number of aromatic nitrogens is 1. The lowest BCUT2D eigenvalue weighted by Crippen LogP contribution is -2.21. The maximum Gasteiger partial charge on any atom is 0.341 e. The van der Waals surface area contributed by atoms with Crippen molar-refractivity contribution in [1.82, 2.24) is 4.57 Å². The summed E-state index contributed by atoms with van der Waals surface area (Å²) in [6, 6.07) is 11.2. The molecule has 0 unspecified atom stereocenters. The van der Waals surface area contributed by atoms with E-state index in [9.17, 15) is 14.4 Å². The molecule has 0 aliphatic carbocycles. The molecule has 0 atom stereocenters. The molecule has 0 radical (unpaired) electrons. The standard InChI is InChI=1S/C21H18ClNO6/c1-2-27-21(26)16-9-10-28-18(16)13-29-20(25)15-7-8-19(24)23(12-15)11-14-5-3-4-6-17(14)22/h3-10,12H,2,11,13H2,1H3. The molecule has 2 aromatic heterocycles. The minimum Gasteiger partial charge on any atom is -0.465 e. The van der Waals surface area contributed by atoms with Crippen molar-refractivity contribution in [3.63, 3.8) is 0 Å². The predicted molar refractivity (Wildman–Crippen MR) is 105 cm³/mol. The maximum atomic E-state index is 12.4. The molecule has 3 rings (SSSR count). The molecule has 0 N–H and O–H groups in total. The van der Waals surface area contributed by atoms with Gasteiger partial charge in [-0.2, -0.15) is 0 Å². The maximum absolute atomic E-state index is 12.4. The molecule has 3 aromatic rings. The van der Waals surface area contributed by atoms with Gasteiger partial charge in [-0.1, -0.05) is 29.8 Å². The van der Waals surface area contributed by atoms with E-state index < -0.39 is 11.9 Å². The number of hydrogen-bond donors (Lipinski definition) is 0. The molecule has 2 heterocycles. The van der Waals surface area contributed by atoms with E-state index in [1.165, 1.54) is 35.2 Å². The number of benzene rings is 1. The van der Waals surface area contributed by atoms with Crippen LogP contribution in [0.1, 0.15) is 39.0 Å². The molecule has 7 nitrogen and oxygen atoms in total. The van der Waals surface area contributed by atoms with Crippen molar-refractivity contribution in [3.05, 3.63) is 92.8 Å². The van der Waals surface area contributed by atoms with Gasteiger partial charge in [-0.3, -0.25) is 4.79 Å². The summed E-state index contributed by atoms with van der Waals surface area (Å²) < 4.78 is 16.7. The van der Waals surface area contributed by atoms with Gasteiger partial charge in [0, 0.05) is 17.3 Å². The van der Waals surface area contributed by atoms with Crippen LogP contribution in [0.25, 0.3) is 0 Å². The third-order valence-corrected chi connectivity index (χ3v) is 4.46. The van der Waals surface area contributed by atoms with Gasteiger partial charge >= 0.3 is 11.9 Å². The van der Waals surface area contributed by atoms with Crippen molar-refractivity contribution in [3.8, 4) is 0 Å². The number of furan rings is 1. The molecule has 0 fully saturated rings. The first kappa shape index (κ1) is 20.4. The van der Waals surface area contributed by atoms with Crippen LogP contribution in [0, 0.1) is 0 Å². The van der Waals surface area contributed by atoms with E-state index in [0.717, 1.165) is 5.56 Å². The van der Waals surface area contributed by atoms with Crippen LogP contribution in [-0.4, -0.2) is 23.1 Å². The highest BCUT2D eigenvalue weighted by Crippen LogP contribution is 2.17. The van der Waals surface area contributed by atoms with Gasteiger partial charge in [-0.05, 0) is 30.7 Å². The third-order valence-electron chi connectivity index (χ3n) is 4.09. The van der Waals surface area contributed by atoms with Crippen LogP contribution < -0.4 is 5.56 Å². The largest absolute Gasteiger partial charge is 0.465 e. The molecule has 0 saturated heterocycles. The number of carbonyl (C=O) groups excluding carboxylic acids is 2. The lowest BCUT2D eigenvalue weighted by atomic mass is 10.2. The molecule has 0 saturated carbocycles. The van der Waals surface area contributed by atoms with E-state index >= 15 is 0 Å². The summed E-state index contributed by atoms with van der Waals surface area (Å²) in [6.07, 6.45) is 2.72. The van der Waals surface area contributed by atoms with Gasteiger partial charge in [0.1, 0.15) is 5.56 Å². The molecule has 0 spiro atoms. The van der Waals surface area contributed by atoms with Crippen LogP contribution in [0.5, 0.6) is 0 Å². The number of halogens is 1. The van der Waals surface area contributed by atoms with Crippen molar-refractivity contribution in [1.29, 1.82) is 0 Å². The zero-order chi connectivity index (χ0) is 20.8. The minimum absolute atomic E-state index is 0.181. The first-order valence-corrected chi connectivity index (χ1v) is 9.22. The number of pyridine rings is 1. The second kappa shape index (κ2) is 9.25. The van der Waals surface area contributed by atoms with Gasteiger partial charge in [0.15, 0.2) is 12.4 Å². The number of hydrogen-bond acceptors (Lipinski definition) is 6. The van der Waals surface area contributed by atoms with Gasteiger partial charge in [0.25, 0.3) is 5.56 Å². The minimum atomic E-state index is -0.663. The smallest absolute Gasteiger partial charge is 0.341 e. The van der Waals surface area contributed by atoms with Crippen molar-refractivity contribution in [2.75, 3.05) is 6.61 Å². The highest BCUT2D eigenvalue weighted by Gasteiger charge is 2.18. The second-order valence-corrected chi connectivity index (χ2v) is 6.44. The van der Waals surface area contributed by atoms with Crippen LogP contribution in [0.4, 0.5) is 0 Å². The summed E-state index contributed by atoms with van der Waals surface area (Å²) in [5, 5.41) is 0.525. The Morgan fingerprint density at radius 1 is 1.07 bits per heavy atom. The van der Waals surface area contributed by atoms with Crippen LogP contribution >= 0.6 is 11.6 Å². The van der Waals surface area contributed by atoms with Gasteiger partial charge in [-0.25, -0.2) is 9.59 Å². The highest BCUT2D eigenvalue weighted by atomic mass is 35.5. The van der Waals surface area contributed by atoms with Crippen molar-refractivity contribution < 1.29 is 23.5 Å². The number of ether oxygens (including phenoxy) is 2. The highest BCUT2D eigenvalue weighted by molar-refractivity contribution is 6.31. The average Bonchev–Trinajstić information content (AvgIpc) is 3.18. The summed E-state index contributed by atoms with van der Waals surface area (Å²) in [5.74, 6) is -1.04. The monoisotopic (exact) mass is 415 g/mol. The Hall–Kier alpha value is -3.32. The fourth-order valence-corrected chi connectivity index (χ4v) is 2.84. The predicted octanol–water partition coefficient (Wildman–Crippen LogP) is 3.68. The molecule has 0 aliphatic heterocycles. The van der Waals surface area contributed by atoms with Crippen molar-refractivity contribution in [2.45, 2.75) is 20.1 Å². The Balaban J connectivity index is 1.72. The quantitative estimate of drug-likeness (QED) is 0.547. The Bertz CT molecular complexity index is 1080. The molecule has 0 bridgehead atoms. The van der Waals surface area contributed by atoms with Crippen LogP contribution in [0.15, 0.2) is 64.1 Å². The number of esters is 2. The Morgan fingerprint density at radius 2 is 1.86 bits per heavy atom. The van der Waals surface area contributed by atoms with Crippen molar-refractivity contribution in [2.24, 2.45) is 0 Å². The molecular weight excluding hydrogens is 398 g/mol. The molecule has 8 heteroatoms. The summed E-state index contributed by atoms with van der Waals surface area (Å²) >= 11 is 6.14. The molecule has 0 aliphatic rings. The number of carbonyl (C=O) groups is 2. The first-order valence-electron chi connectivity index (χ1n) is 8.84. The SMILES string of the molecule is CCOC(=O)c1ccoc1COC(=O)c1ccc(=O)n(Cc2ccccc2Cl)c1. The summed E-state index contributed by atoms with van der Waals surface area (Å²) in [5.41, 5.74) is 0.845. The van der Waals surface area contributed by atoms with E-state index in [2.05, 4.69) is 0 Å². The zero-order valence-corrected chi connectivity index (χ0v) is 16.3. The Labute approximate surface area is 171 Å². The molecule has 29 heavy (non-hydrogen) atoms. The lowest BCUT2D eigenvalue weighted by Gasteiger charge is -2.10. The molecule has 150 valence electrons. The van der Waals surface area contributed by atoms with Gasteiger partial charge in [0.2, 0.25) is 0 Å². The van der Waals surface area contributed by atoms with Gasteiger partial charge in [0.05, 0.1) is 25.0 Å². The third kappa shape index (κ3) is 4.94. The second-order valence-electron chi connectivity index (χ2n) is 6.03. The summed E-state index contributed by atoms with van der Waals surface area (Å²) in [6.45, 7) is 1.87. The van der Waals surface area contributed by atoms with E-state index in [1.807, 2.05) is 6.07 Å². The Kier molecular flexibility index (Phi) is 6.51. The lowest BCUT2D eigenvalue weighted by molar-refractivity contribution is 0.0422. The zero-order valence-electron chi connectivity index (χ0n) is 15.6. The molecule has 1 aromatic carbocycles. The number of rotatable bonds is 7. The van der Waals surface area contributed by atoms with Gasteiger partial charge in [-0.15, -0.1) is 0 Å². The van der Waals surface area contributed by atoms with E-state index in [1.54, 1.807) is 25.1 Å². The number of nitrogens with zero attached hydrogens (tertiary/aromatic N) is 1. The fraction of sp³-hybridized carbons (Fsp3) is 0.190. The van der Waals surface area contributed by atoms with Crippen LogP contribution in [0.3, 0.4) is 0 Å². The van der Waals surface area contributed by atoms with E-state index in [-0.39, 0.29) is 42.2 Å².